The van der Waals surface area contributed by atoms with Gasteiger partial charge in [-0.05, 0) is 36.4 Å². The van der Waals surface area contributed by atoms with E-state index < -0.39 is 35.2 Å². The number of aromatic hydroxyl groups is 1. The molecule has 0 atom stereocenters. The second kappa shape index (κ2) is 6.34. The third-order valence-corrected chi connectivity index (χ3v) is 7.42. The Morgan fingerprint density at radius 1 is 0.560 bits per heavy atom. The fourth-order valence-corrected chi connectivity index (χ4v) is 5.89. The molecule has 5 nitrogen and oxygen atoms in total. The van der Waals surface area contributed by atoms with Crippen LogP contribution in [0.5, 0.6) is 5.75 Å². The summed E-state index contributed by atoms with van der Waals surface area (Å²) in [5.41, 5.74) is 0. The van der Waals surface area contributed by atoms with Crippen molar-refractivity contribution in [2.45, 2.75) is 19.6 Å². The minimum atomic E-state index is -4.22. The van der Waals surface area contributed by atoms with E-state index >= 15 is 0 Å². The van der Waals surface area contributed by atoms with Crippen LogP contribution >= 0.6 is 0 Å². The molecule has 0 fully saturated rings. The molecule has 3 rings (SSSR count). The van der Waals surface area contributed by atoms with Gasteiger partial charge in [-0.2, -0.15) is 0 Å². The molecular weight excluding hydrogens is 360 g/mol. The molecule has 0 aliphatic carbocycles. The average molecular weight is 374 g/mol. The van der Waals surface area contributed by atoms with Crippen LogP contribution in [0.3, 0.4) is 0 Å². The predicted octanol–water partition coefficient (Wildman–Crippen LogP) is 3.06. The highest BCUT2D eigenvalue weighted by Crippen LogP contribution is 2.36. The van der Waals surface area contributed by atoms with Crippen LogP contribution in [0.2, 0.25) is 0 Å². The SMILES string of the molecule is O=S(=O)(c1ccccc1)c1cccc(O)c1S(=O)(=O)c1ccccc1. The molecular formula is C18H14O5S2. The molecule has 0 aromatic heterocycles. The fraction of sp³-hybridized carbons (Fsp3) is 0. The monoisotopic (exact) mass is 374 g/mol. The van der Waals surface area contributed by atoms with Gasteiger partial charge in [0.05, 0.1) is 14.7 Å². The van der Waals surface area contributed by atoms with Gasteiger partial charge in [0.2, 0.25) is 19.7 Å². The molecule has 0 spiro atoms. The zero-order valence-corrected chi connectivity index (χ0v) is 14.5. The van der Waals surface area contributed by atoms with Crippen LogP contribution in [0.25, 0.3) is 0 Å². The van der Waals surface area contributed by atoms with Crippen LogP contribution in [0.15, 0.2) is 98.4 Å². The molecule has 128 valence electrons. The van der Waals surface area contributed by atoms with Crippen LogP contribution in [-0.4, -0.2) is 21.9 Å². The van der Waals surface area contributed by atoms with Crippen molar-refractivity contribution in [2.75, 3.05) is 0 Å². The summed E-state index contributed by atoms with van der Waals surface area (Å²) in [5, 5.41) is 10.2. The minimum Gasteiger partial charge on any atom is -0.507 e. The van der Waals surface area contributed by atoms with Crippen LogP contribution in [0, 0.1) is 0 Å². The van der Waals surface area contributed by atoms with Gasteiger partial charge >= 0.3 is 0 Å². The molecule has 0 bridgehead atoms. The van der Waals surface area contributed by atoms with Crippen molar-refractivity contribution >= 4 is 19.7 Å². The molecule has 0 unspecified atom stereocenters. The van der Waals surface area contributed by atoms with Crippen molar-refractivity contribution in [2.24, 2.45) is 0 Å². The molecule has 0 saturated carbocycles. The van der Waals surface area contributed by atoms with Gasteiger partial charge in [0.25, 0.3) is 0 Å². The second-order valence-electron chi connectivity index (χ2n) is 5.24. The van der Waals surface area contributed by atoms with Crippen molar-refractivity contribution in [3.63, 3.8) is 0 Å². The van der Waals surface area contributed by atoms with Gasteiger partial charge in [-0.15, -0.1) is 0 Å². The first-order valence-corrected chi connectivity index (χ1v) is 10.2. The summed E-state index contributed by atoms with van der Waals surface area (Å²) in [6.45, 7) is 0. The van der Waals surface area contributed by atoms with Gasteiger partial charge in [-0.1, -0.05) is 42.5 Å². The molecule has 0 amide bonds. The lowest BCUT2D eigenvalue weighted by Crippen LogP contribution is -2.11. The zero-order valence-electron chi connectivity index (χ0n) is 12.9. The summed E-state index contributed by atoms with van der Waals surface area (Å²) < 4.78 is 51.7. The molecule has 3 aromatic rings. The lowest BCUT2D eigenvalue weighted by molar-refractivity contribution is 0.453. The predicted molar refractivity (Wildman–Crippen MR) is 91.9 cm³/mol. The molecule has 1 N–H and O–H groups in total. The number of hydrogen-bond acceptors (Lipinski definition) is 5. The highest BCUT2D eigenvalue weighted by molar-refractivity contribution is 7.94. The zero-order chi connectivity index (χ0) is 18.1. The van der Waals surface area contributed by atoms with Crippen molar-refractivity contribution in [3.05, 3.63) is 78.9 Å². The number of rotatable bonds is 4. The molecule has 0 saturated heterocycles. The Morgan fingerprint density at radius 3 is 1.56 bits per heavy atom. The van der Waals surface area contributed by atoms with Gasteiger partial charge in [0.15, 0.2) is 0 Å². The molecule has 0 aliphatic heterocycles. The van der Waals surface area contributed by atoms with E-state index in [9.17, 15) is 21.9 Å². The number of phenolic OH excluding ortho intramolecular Hbond substituents is 1. The average Bonchev–Trinajstić information content (AvgIpc) is 2.63. The Labute approximate surface area is 146 Å². The number of benzene rings is 3. The Morgan fingerprint density at radius 2 is 1.04 bits per heavy atom. The third-order valence-electron chi connectivity index (χ3n) is 3.62. The summed E-state index contributed by atoms with van der Waals surface area (Å²) in [6, 6.07) is 18.5. The van der Waals surface area contributed by atoms with Crippen molar-refractivity contribution in [3.8, 4) is 5.75 Å². The Hall–Kier alpha value is -2.64. The van der Waals surface area contributed by atoms with Gasteiger partial charge in [-0.25, -0.2) is 16.8 Å². The quantitative estimate of drug-likeness (QED) is 0.758. The van der Waals surface area contributed by atoms with E-state index in [1.165, 1.54) is 48.5 Å². The van der Waals surface area contributed by atoms with E-state index in [2.05, 4.69) is 0 Å². The minimum absolute atomic E-state index is 0.0508. The summed E-state index contributed by atoms with van der Waals surface area (Å²) >= 11 is 0. The maximum Gasteiger partial charge on any atom is 0.211 e. The lowest BCUT2D eigenvalue weighted by atomic mass is 10.3. The van der Waals surface area contributed by atoms with Crippen molar-refractivity contribution in [1.82, 2.24) is 0 Å². The maximum atomic E-state index is 12.9. The molecule has 7 heteroatoms. The van der Waals surface area contributed by atoms with E-state index in [4.69, 9.17) is 0 Å². The maximum absolute atomic E-state index is 12.9. The van der Waals surface area contributed by atoms with E-state index in [-0.39, 0.29) is 9.79 Å². The normalized spacial score (nSPS) is 12.0. The number of phenols is 1. The van der Waals surface area contributed by atoms with Crippen LogP contribution in [-0.2, 0) is 19.7 Å². The van der Waals surface area contributed by atoms with Crippen molar-refractivity contribution < 1.29 is 21.9 Å². The lowest BCUT2D eigenvalue weighted by Gasteiger charge is -2.13. The van der Waals surface area contributed by atoms with Crippen LogP contribution in [0.1, 0.15) is 0 Å². The first-order chi connectivity index (χ1) is 11.8. The summed E-state index contributed by atoms with van der Waals surface area (Å²) in [4.78, 5) is -1.22. The highest BCUT2D eigenvalue weighted by atomic mass is 32.2. The number of hydrogen-bond donors (Lipinski definition) is 1. The standard InChI is InChI=1S/C18H14O5S2/c19-16-12-7-13-17(24(20,21)14-8-3-1-4-9-14)18(16)25(22,23)15-10-5-2-6-11-15/h1-13,19H. The summed E-state index contributed by atoms with van der Waals surface area (Å²) in [5.74, 6) is -0.610. The van der Waals surface area contributed by atoms with E-state index in [1.54, 1.807) is 24.3 Å². The third kappa shape index (κ3) is 3.04. The van der Waals surface area contributed by atoms with Gasteiger partial charge < -0.3 is 5.11 Å². The smallest absolute Gasteiger partial charge is 0.211 e. The van der Waals surface area contributed by atoms with Gasteiger partial charge in [0.1, 0.15) is 10.6 Å². The van der Waals surface area contributed by atoms with E-state index in [0.717, 1.165) is 6.07 Å². The molecule has 25 heavy (non-hydrogen) atoms. The molecule has 0 aliphatic rings. The molecule has 0 radical (unpaired) electrons. The highest BCUT2D eigenvalue weighted by Gasteiger charge is 2.31. The Kier molecular flexibility index (Phi) is 4.36. The largest absolute Gasteiger partial charge is 0.507 e. The number of sulfone groups is 2. The van der Waals surface area contributed by atoms with Gasteiger partial charge in [-0.3, -0.25) is 0 Å². The topological polar surface area (TPSA) is 88.5 Å². The fourth-order valence-electron chi connectivity index (χ4n) is 2.43. The first-order valence-electron chi connectivity index (χ1n) is 7.27. The van der Waals surface area contributed by atoms with E-state index in [0.29, 0.717) is 0 Å². The summed E-state index contributed by atoms with van der Waals surface area (Å²) in [6.07, 6.45) is 0. The van der Waals surface area contributed by atoms with Crippen LogP contribution in [0.4, 0.5) is 0 Å². The van der Waals surface area contributed by atoms with Crippen molar-refractivity contribution in [1.29, 1.82) is 0 Å². The molecule has 0 heterocycles. The summed E-state index contributed by atoms with van der Waals surface area (Å²) in [7, 11) is -8.34. The Balaban J connectivity index is 2.31. The first kappa shape index (κ1) is 17.2. The Bertz CT molecular complexity index is 1100. The van der Waals surface area contributed by atoms with E-state index in [1.807, 2.05) is 0 Å². The van der Waals surface area contributed by atoms with Gasteiger partial charge in [0, 0.05) is 0 Å². The van der Waals surface area contributed by atoms with Crippen LogP contribution < -0.4 is 0 Å². The molecule has 3 aromatic carbocycles. The second-order valence-corrected chi connectivity index (χ2v) is 9.04.